The van der Waals surface area contributed by atoms with Gasteiger partial charge in [0.05, 0.1) is 5.41 Å². The Hall–Kier alpha value is -0.610. The van der Waals surface area contributed by atoms with Crippen molar-refractivity contribution in [3.8, 4) is 0 Å². The maximum absolute atomic E-state index is 12.8. The Morgan fingerprint density at radius 3 is 2.89 bits per heavy atom. The Bertz CT molecular complexity index is 338. The van der Waals surface area contributed by atoms with Crippen LogP contribution in [0.5, 0.6) is 0 Å². The molecule has 3 fully saturated rings. The summed E-state index contributed by atoms with van der Waals surface area (Å²) >= 11 is 0. The largest absolute Gasteiger partial charge is 0.339 e. The van der Waals surface area contributed by atoms with Crippen molar-refractivity contribution in [3.63, 3.8) is 0 Å². The summed E-state index contributed by atoms with van der Waals surface area (Å²) in [5.41, 5.74) is -0.158. The molecular formula is C15H27N3O. The third-order valence-electron chi connectivity index (χ3n) is 5.24. The summed E-state index contributed by atoms with van der Waals surface area (Å²) in [5, 5.41) is 3.39. The van der Waals surface area contributed by atoms with Crippen LogP contribution in [0, 0.1) is 5.41 Å². The molecule has 0 aromatic carbocycles. The third-order valence-corrected chi connectivity index (χ3v) is 5.24. The minimum atomic E-state index is -0.158. The Morgan fingerprint density at radius 1 is 1.21 bits per heavy atom. The minimum Gasteiger partial charge on any atom is -0.339 e. The molecule has 108 valence electrons. The van der Waals surface area contributed by atoms with Crippen molar-refractivity contribution in [1.29, 1.82) is 0 Å². The van der Waals surface area contributed by atoms with Gasteiger partial charge in [0.2, 0.25) is 5.91 Å². The lowest BCUT2D eigenvalue weighted by molar-refractivity contribution is -0.145. The maximum Gasteiger partial charge on any atom is 0.229 e. The molecule has 0 bridgehead atoms. The van der Waals surface area contributed by atoms with Crippen molar-refractivity contribution in [2.75, 3.05) is 39.3 Å². The van der Waals surface area contributed by atoms with Gasteiger partial charge in [-0.1, -0.05) is 6.42 Å². The Labute approximate surface area is 116 Å². The quantitative estimate of drug-likeness (QED) is 0.770. The standard InChI is InChI=1S/C15H27N3O/c1-15(6-4-7-16-12-15)14(19)18-10-9-17-8-3-2-5-13(17)11-18/h13,16H,2-12H2,1H3. The highest BCUT2D eigenvalue weighted by molar-refractivity contribution is 5.83. The number of carbonyl (C=O) groups is 1. The van der Waals surface area contributed by atoms with Crippen LogP contribution in [0.4, 0.5) is 0 Å². The molecule has 0 saturated carbocycles. The van der Waals surface area contributed by atoms with Gasteiger partial charge in [-0.15, -0.1) is 0 Å². The van der Waals surface area contributed by atoms with Crippen molar-refractivity contribution < 1.29 is 4.79 Å². The predicted molar refractivity (Wildman–Crippen MR) is 76.0 cm³/mol. The van der Waals surface area contributed by atoms with Crippen molar-refractivity contribution in [1.82, 2.24) is 15.1 Å². The van der Waals surface area contributed by atoms with Gasteiger partial charge in [-0.3, -0.25) is 9.69 Å². The Kier molecular flexibility index (Phi) is 3.81. The average Bonchev–Trinajstić information content (AvgIpc) is 2.47. The topological polar surface area (TPSA) is 35.6 Å². The molecule has 2 atom stereocenters. The van der Waals surface area contributed by atoms with Gasteiger partial charge in [0, 0.05) is 32.2 Å². The van der Waals surface area contributed by atoms with E-state index in [4.69, 9.17) is 0 Å². The number of fused-ring (bicyclic) bond motifs is 1. The summed E-state index contributed by atoms with van der Waals surface area (Å²) in [4.78, 5) is 17.6. The van der Waals surface area contributed by atoms with Crippen molar-refractivity contribution in [2.24, 2.45) is 5.41 Å². The normalized spacial score (nSPS) is 36.9. The fraction of sp³-hybridized carbons (Fsp3) is 0.933. The summed E-state index contributed by atoms with van der Waals surface area (Å²) < 4.78 is 0. The zero-order valence-corrected chi connectivity index (χ0v) is 12.2. The van der Waals surface area contributed by atoms with E-state index in [0.29, 0.717) is 11.9 Å². The van der Waals surface area contributed by atoms with Crippen LogP contribution in [0.2, 0.25) is 0 Å². The molecule has 0 aliphatic carbocycles. The first-order valence-electron chi connectivity index (χ1n) is 7.93. The fourth-order valence-electron chi connectivity index (χ4n) is 3.96. The number of carbonyl (C=O) groups excluding carboxylic acids is 1. The van der Waals surface area contributed by atoms with E-state index in [1.165, 1.54) is 25.8 Å². The first-order chi connectivity index (χ1) is 9.19. The lowest BCUT2D eigenvalue weighted by atomic mass is 9.81. The van der Waals surface area contributed by atoms with Gasteiger partial charge in [0.1, 0.15) is 0 Å². The van der Waals surface area contributed by atoms with Crippen LogP contribution in [-0.2, 0) is 4.79 Å². The summed E-state index contributed by atoms with van der Waals surface area (Å²) in [6.45, 7) is 8.30. The van der Waals surface area contributed by atoms with Crippen LogP contribution in [0.1, 0.15) is 39.0 Å². The van der Waals surface area contributed by atoms with Crippen molar-refractivity contribution in [2.45, 2.75) is 45.1 Å². The lowest BCUT2D eigenvalue weighted by Gasteiger charge is -2.46. The Balaban J connectivity index is 1.64. The molecule has 0 aromatic rings. The maximum atomic E-state index is 12.8. The zero-order valence-electron chi connectivity index (χ0n) is 12.2. The second kappa shape index (κ2) is 5.41. The highest BCUT2D eigenvalue weighted by atomic mass is 16.2. The smallest absolute Gasteiger partial charge is 0.229 e. The van der Waals surface area contributed by atoms with E-state index in [9.17, 15) is 4.79 Å². The number of hydrogen-bond acceptors (Lipinski definition) is 3. The number of hydrogen-bond donors (Lipinski definition) is 1. The fourth-order valence-corrected chi connectivity index (χ4v) is 3.96. The number of rotatable bonds is 1. The van der Waals surface area contributed by atoms with E-state index in [2.05, 4.69) is 22.0 Å². The van der Waals surface area contributed by atoms with E-state index in [1.807, 2.05) is 0 Å². The van der Waals surface area contributed by atoms with Gasteiger partial charge < -0.3 is 10.2 Å². The third kappa shape index (κ3) is 2.65. The minimum absolute atomic E-state index is 0.158. The van der Waals surface area contributed by atoms with E-state index < -0.39 is 0 Å². The highest BCUT2D eigenvalue weighted by Gasteiger charge is 2.40. The number of piperidine rings is 2. The molecule has 19 heavy (non-hydrogen) atoms. The lowest BCUT2D eigenvalue weighted by Crippen LogP contribution is -2.60. The molecule has 0 aromatic heterocycles. The van der Waals surface area contributed by atoms with Gasteiger partial charge in [0.25, 0.3) is 0 Å². The summed E-state index contributed by atoms with van der Waals surface area (Å²) in [6.07, 6.45) is 6.13. The second-order valence-corrected chi connectivity index (χ2v) is 6.78. The number of nitrogens with one attached hydrogen (secondary N) is 1. The van der Waals surface area contributed by atoms with Crippen molar-refractivity contribution >= 4 is 5.91 Å². The number of amides is 1. The average molecular weight is 265 g/mol. The SMILES string of the molecule is CC1(C(=O)N2CCN3CCCCC3C2)CCCNC1. The predicted octanol–water partition coefficient (Wildman–Crippen LogP) is 1.07. The summed E-state index contributed by atoms with van der Waals surface area (Å²) in [7, 11) is 0. The first kappa shape index (κ1) is 13.4. The molecule has 3 rings (SSSR count). The first-order valence-corrected chi connectivity index (χ1v) is 7.93. The van der Waals surface area contributed by atoms with Crippen molar-refractivity contribution in [3.05, 3.63) is 0 Å². The van der Waals surface area contributed by atoms with Gasteiger partial charge in [-0.2, -0.15) is 0 Å². The number of piperazine rings is 1. The summed E-state index contributed by atoms with van der Waals surface area (Å²) in [6, 6.07) is 0.631. The van der Waals surface area contributed by atoms with E-state index >= 15 is 0 Å². The van der Waals surface area contributed by atoms with Crippen LogP contribution >= 0.6 is 0 Å². The molecule has 3 aliphatic rings. The monoisotopic (exact) mass is 265 g/mol. The molecule has 4 nitrogen and oxygen atoms in total. The second-order valence-electron chi connectivity index (χ2n) is 6.78. The Morgan fingerprint density at radius 2 is 2.11 bits per heavy atom. The molecule has 3 saturated heterocycles. The molecule has 1 N–H and O–H groups in total. The summed E-state index contributed by atoms with van der Waals surface area (Å²) in [5.74, 6) is 0.393. The van der Waals surface area contributed by atoms with E-state index in [0.717, 1.165) is 45.6 Å². The molecule has 0 radical (unpaired) electrons. The molecule has 0 spiro atoms. The molecule has 3 heterocycles. The van der Waals surface area contributed by atoms with Gasteiger partial charge >= 0.3 is 0 Å². The molecule has 3 aliphatic heterocycles. The van der Waals surface area contributed by atoms with Gasteiger partial charge in [0.15, 0.2) is 0 Å². The molecular weight excluding hydrogens is 238 g/mol. The van der Waals surface area contributed by atoms with Crippen LogP contribution in [0.3, 0.4) is 0 Å². The van der Waals surface area contributed by atoms with Crippen LogP contribution in [-0.4, -0.2) is 61.0 Å². The van der Waals surface area contributed by atoms with Gasteiger partial charge in [-0.05, 0) is 45.7 Å². The number of nitrogens with zero attached hydrogens (tertiary/aromatic N) is 2. The van der Waals surface area contributed by atoms with E-state index in [-0.39, 0.29) is 5.41 Å². The zero-order chi connectivity index (χ0) is 13.3. The van der Waals surface area contributed by atoms with Gasteiger partial charge in [-0.25, -0.2) is 0 Å². The molecule has 4 heteroatoms. The van der Waals surface area contributed by atoms with Crippen LogP contribution in [0.25, 0.3) is 0 Å². The van der Waals surface area contributed by atoms with Crippen LogP contribution < -0.4 is 5.32 Å². The van der Waals surface area contributed by atoms with E-state index in [1.54, 1.807) is 0 Å². The highest BCUT2D eigenvalue weighted by Crippen LogP contribution is 2.30. The molecule has 1 amide bonds. The molecule has 2 unspecified atom stereocenters. The van der Waals surface area contributed by atoms with Crippen LogP contribution in [0.15, 0.2) is 0 Å².